The van der Waals surface area contributed by atoms with Crippen molar-refractivity contribution < 1.29 is 0 Å². The molecule has 3 saturated heterocycles. The van der Waals surface area contributed by atoms with Crippen LogP contribution in [0.2, 0.25) is 0 Å². The lowest BCUT2D eigenvalue weighted by Gasteiger charge is -2.31. The van der Waals surface area contributed by atoms with Crippen molar-refractivity contribution in [2.45, 2.75) is 19.3 Å². The van der Waals surface area contributed by atoms with E-state index in [0.29, 0.717) is 0 Å². The molecule has 0 saturated carbocycles. The van der Waals surface area contributed by atoms with E-state index in [1.807, 2.05) is 0 Å². The summed E-state index contributed by atoms with van der Waals surface area (Å²) >= 11 is 0. The van der Waals surface area contributed by atoms with Gasteiger partial charge in [0.05, 0.1) is 0 Å². The molecule has 104 valence electrons. The van der Waals surface area contributed by atoms with Crippen molar-refractivity contribution >= 4 is 0 Å². The fourth-order valence-electron chi connectivity index (χ4n) is 4.21. The molecule has 0 radical (unpaired) electrons. The predicted octanol–water partition coefficient (Wildman–Crippen LogP) is 1.21. The minimum atomic E-state index is 0.968. The molecule has 3 heterocycles. The normalized spacial score (nSPS) is 37.0. The van der Waals surface area contributed by atoms with Crippen LogP contribution in [0.25, 0.3) is 0 Å². The van der Waals surface area contributed by atoms with Crippen LogP contribution in [0, 0.1) is 17.8 Å². The van der Waals surface area contributed by atoms with E-state index in [0.717, 1.165) is 17.8 Å². The highest BCUT2D eigenvalue weighted by molar-refractivity contribution is 4.90. The zero-order valence-corrected chi connectivity index (χ0v) is 12.1. The van der Waals surface area contributed by atoms with Gasteiger partial charge in [-0.15, -0.1) is 0 Å². The van der Waals surface area contributed by atoms with Crippen LogP contribution in [-0.2, 0) is 0 Å². The summed E-state index contributed by atoms with van der Waals surface area (Å²) in [5.41, 5.74) is 0. The molecule has 0 aliphatic carbocycles. The summed E-state index contributed by atoms with van der Waals surface area (Å²) in [6.45, 7) is 9.44. The summed E-state index contributed by atoms with van der Waals surface area (Å²) in [4.78, 5) is 7.79. The van der Waals surface area contributed by atoms with Crippen LogP contribution in [0.5, 0.6) is 0 Å². The van der Waals surface area contributed by atoms with Gasteiger partial charge in [-0.05, 0) is 70.7 Å². The molecule has 18 heavy (non-hydrogen) atoms. The highest BCUT2D eigenvalue weighted by Gasteiger charge is 2.36. The molecule has 3 aliphatic heterocycles. The molecule has 0 aromatic carbocycles. The Morgan fingerprint density at radius 3 is 2.22 bits per heavy atom. The number of fused-ring (bicyclic) bond motifs is 1. The molecule has 0 aromatic heterocycles. The maximum Gasteiger partial charge on any atom is 0.00253 e. The van der Waals surface area contributed by atoms with Crippen LogP contribution < -0.4 is 0 Å². The van der Waals surface area contributed by atoms with E-state index in [2.05, 4.69) is 28.8 Å². The Morgan fingerprint density at radius 1 is 0.778 bits per heavy atom. The molecule has 2 atom stereocenters. The van der Waals surface area contributed by atoms with Gasteiger partial charge in [-0.25, -0.2) is 0 Å². The Bertz CT molecular complexity index is 273. The number of hydrogen-bond acceptors (Lipinski definition) is 3. The van der Waals surface area contributed by atoms with Crippen molar-refractivity contribution in [3.05, 3.63) is 0 Å². The van der Waals surface area contributed by atoms with Crippen molar-refractivity contribution in [1.82, 2.24) is 14.7 Å². The van der Waals surface area contributed by atoms with Gasteiger partial charge in [-0.3, -0.25) is 0 Å². The summed E-state index contributed by atoms with van der Waals surface area (Å²) in [5.74, 6) is 2.95. The van der Waals surface area contributed by atoms with Crippen LogP contribution in [0.1, 0.15) is 19.3 Å². The number of rotatable bonds is 2. The SMILES string of the molecule is CN1CCC(CN2CC3CCN(C)CC3C2)CC1. The quantitative estimate of drug-likeness (QED) is 0.730. The smallest absolute Gasteiger partial charge is 0.00253 e. The summed E-state index contributed by atoms with van der Waals surface area (Å²) in [5, 5.41) is 0. The Labute approximate surface area is 112 Å². The largest absolute Gasteiger partial charge is 0.306 e. The molecule has 3 rings (SSSR count). The average Bonchev–Trinajstić information content (AvgIpc) is 2.73. The molecule has 2 unspecified atom stereocenters. The first-order valence-corrected chi connectivity index (χ1v) is 7.80. The molecule has 0 amide bonds. The van der Waals surface area contributed by atoms with E-state index in [1.165, 1.54) is 65.1 Å². The Kier molecular flexibility index (Phi) is 3.92. The van der Waals surface area contributed by atoms with Crippen molar-refractivity contribution in [3.8, 4) is 0 Å². The second-order valence-electron chi connectivity index (χ2n) is 7.04. The first kappa shape index (κ1) is 12.9. The van der Waals surface area contributed by atoms with Gasteiger partial charge in [0.25, 0.3) is 0 Å². The Balaban J connectivity index is 1.47. The molecule has 0 aromatic rings. The van der Waals surface area contributed by atoms with Crippen molar-refractivity contribution in [2.75, 3.05) is 59.9 Å². The van der Waals surface area contributed by atoms with Gasteiger partial charge in [0.2, 0.25) is 0 Å². The van der Waals surface area contributed by atoms with Crippen molar-refractivity contribution in [3.63, 3.8) is 0 Å². The van der Waals surface area contributed by atoms with Gasteiger partial charge < -0.3 is 14.7 Å². The van der Waals surface area contributed by atoms with E-state index in [4.69, 9.17) is 0 Å². The monoisotopic (exact) mass is 251 g/mol. The first-order chi connectivity index (χ1) is 8.70. The second-order valence-corrected chi connectivity index (χ2v) is 7.04. The minimum Gasteiger partial charge on any atom is -0.306 e. The van der Waals surface area contributed by atoms with Gasteiger partial charge in [-0.1, -0.05) is 0 Å². The molecule has 3 nitrogen and oxygen atoms in total. The predicted molar refractivity (Wildman–Crippen MR) is 75.8 cm³/mol. The number of nitrogens with zero attached hydrogens (tertiary/aromatic N) is 3. The first-order valence-electron chi connectivity index (χ1n) is 7.80. The molecule has 0 N–H and O–H groups in total. The zero-order valence-electron chi connectivity index (χ0n) is 12.1. The zero-order chi connectivity index (χ0) is 12.5. The molecule has 0 bridgehead atoms. The molecule has 3 heteroatoms. The van der Waals surface area contributed by atoms with Crippen LogP contribution in [-0.4, -0.2) is 74.6 Å². The summed E-state index contributed by atoms with van der Waals surface area (Å²) in [7, 11) is 4.55. The van der Waals surface area contributed by atoms with Gasteiger partial charge >= 0.3 is 0 Å². The lowest BCUT2D eigenvalue weighted by Crippen LogP contribution is -2.37. The van der Waals surface area contributed by atoms with E-state index in [9.17, 15) is 0 Å². The lowest BCUT2D eigenvalue weighted by molar-refractivity contribution is 0.171. The minimum absolute atomic E-state index is 0.968. The van der Waals surface area contributed by atoms with E-state index >= 15 is 0 Å². The average molecular weight is 251 g/mol. The van der Waals surface area contributed by atoms with E-state index in [-0.39, 0.29) is 0 Å². The summed E-state index contributed by atoms with van der Waals surface area (Å²) < 4.78 is 0. The number of likely N-dealkylation sites (tertiary alicyclic amines) is 3. The summed E-state index contributed by atoms with van der Waals surface area (Å²) in [6, 6.07) is 0. The van der Waals surface area contributed by atoms with E-state index < -0.39 is 0 Å². The standard InChI is InChI=1S/C15H29N3/c1-16-6-3-13(4-7-16)9-18-11-14-5-8-17(2)10-15(14)12-18/h13-15H,3-12H2,1-2H3. The van der Waals surface area contributed by atoms with Gasteiger partial charge in [0.1, 0.15) is 0 Å². The maximum atomic E-state index is 2.78. The van der Waals surface area contributed by atoms with Crippen LogP contribution in [0.3, 0.4) is 0 Å². The van der Waals surface area contributed by atoms with Gasteiger partial charge in [-0.2, -0.15) is 0 Å². The fraction of sp³-hybridized carbons (Fsp3) is 1.00. The molecular weight excluding hydrogens is 222 g/mol. The molecule has 3 aliphatic rings. The third-order valence-electron chi connectivity index (χ3n) is 5.43. The lowest BCUT2D eigenvalue weighted by atomic mass is 9.89. The third kappa shape index (κ3) is 2.89. The van der Waals surface area contributed by atoms with Crippen LogP contribution >= 0.6 is 0 Å². The molecular formula is C15H29N3. The van der Waals surface area contributed by atoms with Crippen molar-refractivity contribution in [1.29, 1.82) is 0 Å². The van der Waals surface area contributed by atoms with Crippen LogP contribution in [0.4, 0.5) is 0 Å². The Morgan fingerprint density at radius 2 is 1.44 bits per heavy atom. The van der Waals surface area contributed by atoms with Crippen molar-refractivity contribution in [2.24, 2.45) is 17.8 Å². The third-order valence-corrected chi connectivity index (χ3v) is 5.43. The van der Waals surface area contributed by atoms with E-state index in [1.54, 1.807) is 0 Å². The van der Waals surface area contributed by atoms with Gasteiger partial charge in [0, 0.05) is 26.2 Å². The van der Waals surface area contributed by atoms with Crippen LogP contribution in [0.15, 0.2) is 0 Å². The fourth-order valence-corrected chi connectivity index (χ4v) is 4.21. The molecule has 0 spiro atoms. The summed E-state index contributed by atoms with van der Waals surface area (Å²) in [6.07, 6.45) is 4.27. The maximum absolute atomic E-state index is 2.78. The highest BCUT2D eigenvalue weighted by atomic mass is 15.2. The molecule has 3 fully saturated rings. The number of piperidine rings is 2. The second kappa shape index (κ2) is 5.48. The Hall–Kier alpha value is -0.120. The number of hydrogen-bond donors (Lipinski definition) is 0. The van der Waals surface area contributed by atoms with Gasteiger partial charge in [0.15, 0.2) is 0 Å². The highest BCUT2D eigenvalue weighted by Crippen LogP contribution is 2.31. The topological polar surface area (TPSA) is 9.72 Å².